The van der Waals surface area contributed by atoms with Crippen molar-refractivity contribution < 1.29 is 20.4 Å². The third-order valence-electron chi connectivity index (χ3n) is 10.5. The van der Waals surface area contributed by atoms with Gasteiger partial charge >= 0.3 is 0 Å². The van der Waals surface area contributed by atoms with Gasteiger partial charge in [0.05, 0.1) is 24.9 Å². The first-order valence-electron chi connectivity index (χ1n) is 30.7. The summed E-state index contributed by atoms with van der Waals surface area (Å²) in [5.41, 5.74) is 21.2. The first-order chi connectivity index (χ1) is 35.2. The first kappa shape index (κ1) is 95.6. The molecule has 1 aliphatic carbocycles. The zero-order valence-electron chi connectivity index (χ0n) is 55.6. The normalized spacial score (nSPS) is 14.4. The lowest BCUT2D eigenvalue weighted by atomic mass is 10.0. The number of nitrogens with two attached hydrogens (primary N) is 4. The van der Waals surface area contributed by atoms with Gasteiger partial charge < -0.3 is 85.9 Å². The van der Waals surface area contributed by atoms with Gasteiger partial charge in [-0.1, -0.05) is 186 Å². The maximum atomic E-state index is 9.03. The van der Waals surface area contributed by atoms with Gasteiger partial charge in [-0.15, -0.1) is 0 Å². The summed E-state index contributed by atoms with van der Waals surface area (Å²) < 4.78 is 0. The second-order valence-corrected chi connectivity index (χ2v) is 23.7. The minimum Gasteiger partial charge on any atom is -0.395 e. The number of hydrogen-bond donors (Lipinski definition) is 16. The van der Waals surface area contributed by atoms with Crippen molar-refractivity contribution in [1.29, 1.82) is 0 Å². The van der Waals surface area contributed by atoms with Crippen LogP contribution in [0.3, 0.4) is 0 Å². The van der Waals surface area contributed by atoms with E-state index < -0.39 is 12.2 Å². The Labute approximate surface area is 484 Å². The fraction of sp³-hybridized carbons (Fsp3) is 1.00. The Morgan fingerprint density at radius 3 is 0.961 bits per heavy atom. The molecule has 0 radical (unpaired) electrons. The third-order valence-corrected chi connectivity index (χ3v) is 10.5. The van der Waals surface area contributed by atoms with Gasteiger partial charge in [0.25, 0.3) is 0 Å². The van der Waals surface area contributed by atoms with Gasteiger partial charge in [-0.3, -0.25) is 0 Å². The summed E-state index contributed by atoms with van der Waals surface area (Å²) >= 11 is 0. The van der Waals surface area contributed by atoms with Gasteiger partial charge in [0, 0.05) is 112 Å². The summed E-state index contributed by atoms with van der Waals surface area (Å²) in [5, 5.41) is 61.7. The van der Waals surface area contributed by atoms with Gasteiger partial charge in [-0.2, -0.15) is 0 Å². The zero-order valence-corrected chi connectivity index (χ0v) is 55.6. The van der Waals surface area contributed by atoms with Gasteiger partial charge in [0.1, 0.15) is 0 Å². The highest BCUT2D eigenvalue weighted by Crippen LogP contribution is 2.17. The second kappa shape index (κ2) is 71.5. The fourth-order valence-corrected chi connectivity index (χ4v) is 6.32. The van der Waals surface area contributed by atoms with Crippen LogP contribution in [0.25, 0.3) is 0 Å². The smallest absolute Gasteiger partial charge is 0.0786 e. The molecule has 0 bridgehead atoms. The van der Waals surface area contributed by atoms with Crippen LogP contribution in [0.15, 0.2) is 0 Å². The molecule has 16 heteroatoms. The summed E-state index contributed by atoms with van der Waals surface area (Å²) in [6.07, 6.45) is 9.98. The highest BCUT2D eigenvalue weighted by Gasteiger charge is 2.14. The lowest BCUT2D eigenvalue weighted by Crippen LogP contribution is -2.39. The molecule has 16 nitrogen and oxygen atoms in total. The molecule has 1 unspecified atom stereocenters. The average Bonchev–Trinajstić information content (AvgIpc) is 3.85. The Balaban J connectivity index is -0.0000000965. The predicted molar refractivity (Wildman–Crippen MR) is 348 cm³/mol. The van der Waals surface area contributed by atoms with Gasteiger partial charge in [-0.05, 0) is 76.8 Å². The molecule has 1 fully saturated rings. The van der Waals surface area contributed by atoms with E-state index >= 15 is 0 Å². The standard InChI is InChI=1S/C8H17N.C7H18N2.C7H17NO.C7H17N.C7H16O.2C6H16N2O.C6H16N2.C6H15N.CH4/c1-7(2)9-8-5-3-4-6-8;1-4-7(5-8)9-6(2)3;1-4-7(5-9)8-6(2)3;1-6(2)5-8-7(3)4;1-4-7(8)5-6(2)3;2*1-5(2)8-4-6(9)3-7;1-5(2)8-6(3)4-7;1-4-5-7-6(2)3;/h7-9H,3-6H2,1-2H3;6-7,9H,4-5,8H2,1-3H3;6-9H,4-5H2,1-3H3;6-8H,5H2,1-4H3;6-8H,4-5H2,1-3H3;2*5-6,8-9H,3-4,7H2,1-2H3;5-6,8H,4,7H2,1-3H3;6-7H,4-5H2,1-3H3;1H4/t;;7-;;7-;3*6-;;/m..1.1101../s1. The molecule has 0 saturated heterocycles. The summed E-state index contributed by atoms with van der Waals surface area (Å²) in [5.74, 6) is 1.40. The molecule has 0 aromatic heterocycles. The van der Waals surface area contributed by atoms with Crippen molar-refractivity contribution in [1.82, 2.24) is 42.5 Å². The van der Waals surface area contributed by atoms with Crippen molar-refractivity contribution in [2.45, 2.75) is 329 Å². The minimum atomic E-state index is -0.396. The highest BCUT2D eigenvalue weighted by atomic mass is 16.3. The van der Waals surface area contributed by atoms with Crippen LogP contribution in [-0.2, 0) is 0 Å². The molecule has 77 heavy (non-hydrogen) atoms. The van der Waals surface area contributed by atoms with E-state index in [-0.39, 0.29) is 26.2 Å². The number of aliphatic hydroxyl groups is 4. The second-order valence-electron chi connectivity index (χ2n) is 23.7. The quantitative estimate of drug-likeness (QED) is 0.0326. The summed E-state index contributed by atoms with van der Waals surface area (Å²) in [6.45, 7) is 58.9. The Hall–Kier alpha value is -0.640. The van der Waals surface area contributed by atoms with Crippen LogP contribution in [0.2, 0.25) is 0 Å². The van der Waals surface area contributed by atoms with Crippen LogP contribution >= 0.6 is 0 Å². The van der Waals surface area contributed by atoms with E-state index in [0.29, 0.717) is 92.5 Å². The van der Waals surface area contributed by atoms with Crippen LogP contribution in [0, 0.1) is 11.8 Å². The topological polar surface area (TPSA) is 281 Å². The minimum absolute atomic E-state index is 0. The zero-order chi connectivity index (χ0) is 61.2. The number of nitrogens with one attached hydrogen (secondary N) is 8. The molecular weight excluding hydrogens is 965 g/mol. The van der Waals surface area contributed by atoms with Gasteiger partial charge in [0.2, 0.25) is 0 Å². The molecule has 1 rings (SSSR count). The van der Waals surface area contributed by atoms with Crippen molar-refractivity contribution in [3.63, 3.8) is 0 Å². The van der Waals surface area contributed by atoms with E-state index in [0.717, 1.165) is 63.8 Å². The van der Waals surface area contributed by atoms with Crippen LogP contribution in [0.5, 0.6) is 0 Å². The molecule has 480 valence electrons. The van der Waals surface area contributed by atoms with E-state index in [2.05, 4.69) is 181 Å². The lowest BCUT2D eigenvalue weighted by Gasteiger charge is -2.16. The monoisotopic (exact) mass is 1120 g/mol. The number of rotatable bonds is 30. The maximum Gasteiger partial charge on any atom is 0.0786 e. The molecule has 6 atom stereocenters. The molecule has 0 aliphatic heterocycles. The van der Waals surface area contributed by atoms with Crippen LogP contribution in [-0.4, -0.2) is 170 Å². The van der Waals surface area contributed by atoms with E-state index in [9.17, 15) is 0 Å². The molecule has 0 aromatic carbocycles. The molecule has 1 saturated carbocycles. The highest BCUT2D eigenvalue weighted by molar-refractivity contribution is 4.75. The largest absolute Gasteiger partial charge is 0.395 e. The maximum absolute atomic E-state index is 9.03. The summed E-state index contributed by atoms with van der Waals surface area (Å²) in [6, 6.07) is 6.46. The molecular formula is C61H152N12O4. The van der Waals surface area contributed by atoms with Gasteiger partial charge in [-0.25, -0.2) is 0 Å². The number of aliphatic hydroxyl groups excluding tert-OH is 4. The van der Waals surface area contributed by atoms with Crippen LogP contribution in [0.1, 0.15) is 238 Å². The molecule has 0 amide bonds. The van der Waals surface area contributed by atoms with Crippen molar-refractivity contribution >= 4 is 0 Å². The molecule has 20 N–H and O–H groups in total. The Kier molecular flexibility index (Phi) is 88.7. The Bertz CT molecular complexity index is 930. The molecule has 1 aliphatic rings. The van der Waals surface area contributed by atoms with Gasteiger partial charge in [0.15, 0.2) is 0 Å². The van der Waals surface area contributed by atoms with E-state index in [1.165, 1.54) is 32.1 Å². The Morgan fingerprint density at radius 2 is 0.792 bits per heavy atom. The van der Waals surface area contributed by atoms with Crippen LogP contribution in [0.4, 0.5) is 0 Å². The molecule has 0 spiro atoms. The number of hydrogen-bond acceptors (Lipinski definition) is 16. The molecule has 0 aromatic rings. The SMILES string of the molecule is C.CC(C)CNC(C)C.CC(C)NC1CCCC1.CC(C)NC[C@@H](O)CN.CC(C)NC[C@H](O)CN.CC(C)N[C@H](C)CN.CCC(CN)NC(C)C.CCCNC(C)C.CC[C@@H](O)CC(C)C.CC[C@H](CO)NC(C)C. The van der Waals surface area contributed by atoms with Crippen molar-refractivity contribution in [3.8, 4) is 0 Å². The van der Waals surface area contributed by atoms with Crippen LogP contribution < -0.4 is 65.5 Å². The third kappa shape index (κ3) is 108. The summed E-state index contributed by atoms with van der Waals surface area (Å²) in [4.78, 5) is 0. The summed E-state index contributed by atoms with van der Waals surface area (Å²) in [7, 11) is 0. The average molecular weight is 1120 g/mol. The van der Waals surface area contributed by atoms with E-state index in [1.54, 1.807) is 0 Å². The first-order valence-corrected chi connectivity index (χ1v) is 30.7. The lowest BCUT2D eigenvalue weighted by molar-refractivity contribution is 0.145. The van der Waals surface area contributed by atoms with Crippen molar-refractivity contribution in [2.24, 2.45) is 34.8 Å². The fourth-order valence-electron chi connectivity index (χ4n) is 6.32. The van der Waals surface area contributed by atoms with Crippen molar-refractivity contribution in [3.05, 3.63) is 0 Å². The molecule has 0 heterocycles. The Morgan fingerprint density at radius 1 is 0.416 bits per heavy atom. The predicted octanol–water partition coefficient (Wildman–Crippen LogP) is 7.82. The van der Waals surface area contributed by atoms with E-state index in [4.69, 9.17) is 43.4 Å². The van der Waals surface area contributed by atoms with E-state index in [1.807, 2.05) is 34.6 Å². The van der Waals surface area contributed by atoms with Crippen molar-refractivity contribution in [2.75, 3.05) is 59.0 Å².